The van der Waals surface area contributed by atoms with Crippen molar-refractivity contribution in [1.82, 2.24) is 10.6 Å². The first-order chi connectivity index (χ1) is 8.24. The second-order valence-corrected chi connectivity index (χ2v) is 5.74. The lowest BCUT2D eigenvalue weighted by Crippen LogP contribution is -2.56. The molecule has 1 saturated heterocycles. The highest BCUT2D eigenvalue weighted by molar-refractivity contribution is 4.92. The third-order valence-corrected chi connectivity index (χ3v) is 4.68. The minimum Gasteiger partial charge on any atom is -0.320 e. The van der Waals surface area contributed by atoms with Gasteiger partial charge in [-0.3, -0.25) is 0 Å². The summed E-state index contributed by atoms with van der Waals surface area (Å²) in [6.07, 6.45) is 6.76. The molecule has 0 aromatic rings. The molecule has 0 amide bonds. The molecule has 1 aliphatic heterocycles. The van der Waals surface area contributed by atoms with Crippen LogP contribution in [0.15, 0.2) is 0 Å². The molecule has 1 heterocycles. The lowest BCUT2D eigenvalue weighted by molar-refractivity contribution is 0.104. The normalized spacial score (nSPS) is 27.5. The summed E-state index contributed by atoms with van der Waals surface area (Å²) in [5, 5.41) is 6.87. The van der Waals surface area contributed by atoms with Gasteiger partial charge in [-0.05, 0) is 50.7 Å². The fourth-order valence-corrected chi connectivity index (χ4v) is 3.35. The molecule has 2 nitrogen and oxygen atoms in total. The number of hydrogen-bond donors (Lipinski definition) is 2. The van der Waals surface area contributed by atoms with E-state index in [0.29, 0.717) is 0 Å². The Hall–Kier alpha value is -0.0800. The fourth-order valence-electron chi connectivity index (χ4n) is 3.35. The molecule has 4 atom stereocenters. The summed E-state index contributed by atoms with van der Waals surface area (Å²) in [5.41, 5.74) is 0. The second kappa shape index (κ2) is 8.10. The van der Waals surface area contributed by atoms with Crippen molar-refractivity contribution in [3.63, 3.8) is 0 Å². The predicted molar refractivity (Wildman–Crippen MR) is 76.3 cm³/mol. The van der Waals surface area contributed by atoms with Crippen LogP contribution in [0.1, 0.15) is 52.9 Å². The van der Waals surface area contributed by atoms with Crippen LogP contribution in [0.2, 0.25) is 0 Å². The molecule has 17 heavy (non-hydrogen) atoms. The molecular formula is C15H32N2. The minimum atomic E-state index is 0.796. The largest absolute Gasteiger partial charge is 0.320 e. The summed E-state index contributed by atoms with van der Waals surface area (Å²) in [4.78, 5) is 0. The highest BCUT2D eigenvalue weighted by Gasteiger charge is 2.36. The first kappa shape index (κ1) is 15.0. The van der Waals surface area contributed by atoms with Gasteiger partial charge in [0.25, 0.3) is 0 Å². The molecule has 1 rings (SSSR count). The van der Waals surface area contributed by atoms with Gasteiger partial charge in [0.1, 0.15) is 0 Å². The van der Waals surface area contributed by atoms with Gasteiger partial charge in [-0.2, -0.15) is 0 Å². The fraction of sp³-hybridized carbons (Fsp3) is 1.00. The molecule has 0 radical (unpaired) electrons. The van der Waals surface area contributed by atoms with E-state index in [2.05, 4.69) is 31.4 Å². The van der Waals surface area contributed by atoms with Gasteiger partial charge >= 0.3 is 0 Å². The Bertz CT molecular complexity index is 193. The first-order valence-corrected chi connectivity index (χ1v) is 7.62. The highest BCUT2D eigenvalue weighted by Crippen LogP contribution is 2.34. The Balaban J connectivity index is 2.32. The van der Waals surface area contributed by atoms with Gasteiger partial charge in [0.2, 0.25) is 0 Å². The number of nitrogens with one attached hydrogen (secondary N) is 2. The van der Waals surface area contributed by atoms with Crippen molar-refractivity contribution in [3.05, 3.63) is 0 Å². The van der Waals surface area contributed by atoms with Crippen molar-refractivity contribution in [2.24, 2.45) is 17.8 Å². The molecule has 0 aromatic heterocycles. The standard InChI is InChI=1S/C15H32N2/c1-5-8-13(6-2)12(3)14-11-17-15(14)9-7-10-16-4/h12-17H,5-11H2,1-4H3. The average molecular weight is 240 g/mol. The zero-order valence-corrected chi connectivity index (χ0v) is 12.3. The quantitative estimate of drug-likeness (QED) is 0.605. The Morgan fingerprint density at radius 3 is 2.59 bits per heavy atom. The summed E-state index contributed by atoms with van der Waals surface area (Å²) in [5.74, 6) is 2.78. The molecule has 2 heteroatoms. The van der Waals surface area contributed by atoms with Gasteiger partial charge in [-0.1, -0.05) is 40.0 Å². The van der Waals surface area contributed by atoms with Crippen LogP contribution in [-0.4, -0.2) is 26.2 Å². The van der Waals surface area contributed by atoms with Crippen molar-refractivity contribution in [1.29, 1.82) is 0 Å². The summed E-state index contributed by atoms with van der Waals surface area (Å²) in [6.45, 7) is 9.58. The number of rotatable bonds is 9. The van der Waals surface area contributed by atoms with Crippen LogP contribution < -0.4 is 10.6 Å². The Morgan fingerprint density at radius 2 is 2.12 bits per heavy atom. The van der Waals surface area contributed by atoms with E-state index in [1.807, 2.05) is 7.05 Å². The van der Waals surface area contributed by atoms with E-state index < -0.39 is 0 Å². The molecule has 1 aliphatic rings. The summed E-state index contributed by atoms with van der Waals surface area (Å²) >= 11 is 0. The molecule has 2 N–H and O–H groups in total. The monoisotopic (exact) mass is 240 g/mol. The lowest BCUT2D eigenvalue weighted by atomic mass is 9.71. The van der Waals surface area contributed by atoms with E-state index in [0.717, 1.165) is 30.3 Å². The highest BCUT2D eigenvalue weighted by atomic mass is 15.0. The van der Waals surface area contributed by atoms with Gasteiger partial charge in [-0.15, -0.1) is 0 Å². The van der Waals surface area contributed by atoms with Crippen molar-refractivity contribution in [2.45, 2.75) is 58.9 Å². The average Bonchev–Trinajstić information content (AvgIpc) is 2.30. The van der Waals surface area contributed by atoms with Crippen molar-refractivity contribution >= 4 is 0 Å². The maximum atomic E-state index is 3.63. The Labute approximate surface area is 108 Å². The predicted octanol–water partition coefficient (Wildman–Crippen LogP) is 3.04. The SMILES string of the molecule is CCCC(CC)C(C)C1CNC1CCCNC. The molecule has 1 fully saturated rings. The van der Waals surface area contributed by atoms with Crippen LogP contribution in [0, 0.1) is 17.8 Å². The van der Waals surface area contributed by atoms with Gasteiger partial charge in [0.15, 0.2) is 0 Å². The maximum absolute atomic E-state index is 3.63. The zero-order valence-electron chi connectivity index (χ0n) is 12.3. The minimum absolute atomic E-state index is 0.796. The van der Waals surface area contributed by atoms with Gasteiger partial charge < -0.3 is 10.6 Å². The lowest BCUT2D eigenvalue weighted by Gasteiger charge is -2.45. The first-order valence-electron chi connectivity index (χ1n) is 7.62. The topological polar surface area (TPSA) is 24.1 Å². The summed E-state index contributed by atoms with van der Waals surface area (Å²) in [7, 11) is 2.04. The van der Waals surface area contributed by atoms with Crippen molar-refractivity contribution < 1.29 is 0 Å². The van der Waals surface area contributed by atoms with Crippen LogP contribution in [0.5, 0.6) is 0 Å². The Morgan fingerprint density at radius 1 is 1.35 bits per heavy atom. The number of hydrogen-bond acceptors (Lipinski definition) is 2. The van der Waals surface area contributed by atoms with Crippen LogP contribution in [0.3, 0.4) is 0 Å². The van der Waals surface area contributed by atoms with E-state index in [1.54, 1.807) is 0 Å². The molecule has 0 spiro atoms. The second-order valence-electron chi connectivity index (χ2n) is 5.74. The Kier molecular flexibility index (Phi) is 7.14. The van der Waals surface area contributed by atoms with Gasteiger partial charge in [0.05, 0.1) is 0 Å². The van der Waals surface area contributed by atoms with E-state index in [4.69, 9.17) is 0 Å². The summed E-state index contributed by atoms with van der Waals surface area (Å²) in [6, 6.07) is 0.796. The van der Waals surface area contributed by atoms with E-state index in [1.165, 1.54) is 38.6 Å². The molecule has 0 saturated carbocycles. The van der Waals surface area contributed by atoms with Crippen molar-refractivity contribution in [2.75, 3.05) is 20.1 Å². The zero-order chi connectivity index (χ0) is 12.7. The molecule has 102 valence electrons. The van der Waals surface area contributed by atoms with Crippen LogP contribution in [0.25, 0.3) is 0 Å². The molecule has 0 bridgehead atoms. The van der Waals surface area contributed by atoms with E-state index in [9.17, 15) is 0 Å². The van der Waals surface area contributed by atoms with Crippen molar-refractivity contribution in [3.8, 4) is 0 Å². The molecule has 0 aromatic carbocycles. The van der Waals surface area contributed by atoms with E-state index >= 15 is 0 Å². The molecular weight excluding hydrogens is 208 g/mol. The molecule has 4 unspecified atom stereocenters. The summed E-state index contributed by atoms with van der Waals surface area (Å²) < 4.78 is 0. The smallest absolute Gasteiger partial charge is 0.0111 e. The van der Waals surface area contributed by atoms with Crippen LogP contribution in [-0.2, 0) is 0 Å². The third kappa shape index (κ3) is 4.26. The van der Waals surface area contributed by atoms with Crippen LogP contribution in [0.4, 0.5) is 0 Å². The third-order valence-electron chi connectivity index (χ3n) is 4.68. The maximum Gasteiger partial charge on any atom is 0.0111 e. The van der Waals surface area contributed by atoms with E-state index in [-0.39, 0.29) is 0 Å². The van der Waals surface area contributed by atoms with Gasteiger partial charge in [0, 0.05) is 6.04 Å². The van der Waals surface area contributed by atoms with Gasteiger partial charge in [-0.25, -0.2) is 0 Å². The van der Waals surface area contributed by atoms with Crippen LogP contribution >= 0.6 is 0 Å². The molecule has 0 aliphatic carbocycles.